The molecule has 3 rings (SSSR count). The van der Waals surface area contributed by atoms with E-state index in [0.717, 1.165) is 16.0 Å². The third kappa shape index (κ3) is 5.37. The highest BCUT2D eigenvalue weighted by atomic mass is 32.2. The number of carbonyl (C=O) groups is 1. The van der Waals surface area contributed by atoms with Crippen LogP contribution in [0.5, 0.6) is 0 Å². The Labute approximate surface area is 183 Å². The third-order valence-corrected chi connectivity index (χ3v) is 8.19. The molecule has 30 heavy (non-hydrogen) atoms. The fraction of sp³-hybridized carbons (Fsp3) is 0.409. The molecule has 0 saturated carbocycles. The summed E-state index contributed by atoms with van der Waals surface area (Å²) in [5, 5.41) is 2.00. The van der Waals surface area contributed by atoms with Crippen molar-refractivity contribution in [3.63, 3.8) is 0 Å². The predicted octanol–water partition coefficient (Wildman–Crippen LogP) is 2.89. The molecule has 1 aromatic carbocycles. The summed E-state index contributed by atoms with van der Waals surface area (Å²) in [6, 6.07) is 9.41. The normalized spacial score (nSPS) is 15.8. The van der Waals surface area contributed by atoms with Gasteiger partial charge in [0.05, 0.1) is 18.0 Å². The summed E-state index contributed by atoms with van der Waals surface area (Å²) in [6.45, 7) is 10.7. The molecule has 1 saturated heterocycles. The fourth-order valence-corrected chi connectivity index (χ4v) is 6.00. The van der Waals surface area contributed by atoms with E-state index in [4.69, 9.17) is 0 Å². The Bertz CT molecular complexity index is 979. The van der Waals surface area contributed by atoms with Crippen LogP contribution in [0.4, 0.5) is 0 Å². The van der Waals surface area contributed by atoms with Gasteiger partial charge in [0.25, 0.3) is 0 Å². The van der Waals surface area contributed by atoms with Crippen molar-refractivity contribution in [1.82, 2.24) is 14.1 Å². The molecule has 6 nitrogen and oxygen atoms in total. The molecule has 1 fully saturated rings. The van der Waals surface area contributed by atoms with E-state index >= 15 is 0 Å². The maximum atomic E-state index is 13.0. The number of benzene rings is 1. The number of carbonyl (C=O) groups excluding carboxylic acids is 1. The lowest BCUT2D eigenvalue weighted by atomic mass is 10.2. The molecule has 1 aliphatic rings. The Morgan fingerprint density at radius 2 is 1.93 bits per heavy atom. The highest BCUT2D eigenvalue weighted by molar-refractivity contribution is 7.89. The number of aryl methyl sites for hydroxylation is 2. The zero-order valence-electron chi connectivity index (χ0n) is 17.6. The van der Waals surface area contributed by atoms with Gasteiger partial charge in [-0.15, -0.1) is 17.9 Å². The van der Waals surface area contributed by atoms with Crippen molar-refractivity contribution in [3.8, 4) is 0 Å². The average molecular weight is 448 g/mol. The van der Waals surface area contributed by atoms with Gasteiger partial charge in [0.2, 0.25) is 15.9 Å². The van der Waals surface area contributed by atoms with Gasteiger partial charge >= 0.3 is 0 Å². The second-order valence-corrected chi connectivity index (χ2v) is 10.5. The van der Waals surface area contributed by atoms with Gasteiger partial charge in [0.15, 0.2) is 0 Å². The second kappa shape index (κ2) is 9.87. The number of thiophene rings is 1. The zero-order valence-corrected chi connectivity index (χ0v) is 19.2. The molecule has 0 unspecified atom stereocenters. The van der Waals surface area contributed by atoms with E-state index in [9.17, 15) is 13.2 Å². The molecule has 1 aliphatic heterocycles. The van der Waals surface area contributed by atoms with Gasteiger partial charge < -0.3 is 4.90 Å². The summed E-state index contributed by atoms with van der Waals surface area (Å²) < 4.78 is 27.6. The number of amides is 1. The first kappa shape index (κ1) is 22.7. The Balaban J connectivity index is 1.59. The van der Waals surface area contributed by atoms with E-state index in [1.54, 1.807) is 28.4 Å². The molecule has 2 aromatic rings. The van der Waals surface area contributed by atoms with Crippen LogP contribution < -0.4 is 0 Å². The molecular weight excluding hydrogens is 418 g/mol. The van der Waals surface area contributed by atoms with Crippen molar-refractivity contribution in [1.29, 1.82) is 0 Å². The summed E-state index contributed by atoms with van der Waals surface area (Å²) in [6.07, 6.45) is 1.74. The van der Waals surface area contributed by atoms with Gasteiger partial charge in [-0.2, -0.15) is 4.31 Å². The molecule has 8 heteroatoms. The summed E-state index contributed by atoms with van der Waals surface area (Å²) in [4.78, 5) is 18.1. The molecule has 2 heterocycles. The lowest BCUT2D eigenvalue weighted by Gasteiger charge is -2.34. The minimum absolute atomic E-state index is 0.0361. The van der Waals surface area contributed by atoms with E-state index in [1.807, 2.05) is 48.4 Å². The minimum atomic E-state index is -3.52. The van der Waals surface area contributed by atoms with Crippen LogP contribution in [0.25, 0.3) is 0 Å². The summed E-state index contributed by atoms with van der Waals surface area (Å²) >= 11 is 1.63. The second-order valence-electron chi connectivity index (χ2n) is 7.59. The Morgan fingerprint density at radius 3 is 2.53 bits per heavy atom. The Hall–Kier alpha value is -2.00. The average Bonchev–Trinajstić information content (AvgIpc) is 3.21. The van der Waals surface area contributed by atoms with Gasteiger partial charge in [0, 0.05) is 37.6 Å². The van der Waals surface area contributed by atoms with Crippen LogP contribution in [0.15, 0.2) is 53.3 Å². The molecule has 0 N–H and O–H groups in total. The van der Waals surface area contributed by atoms with Crippen molar-refractivity contribution < 1.29 is 13.2 Å². The molecule has 162 valence electrons. The highest BCUT2D eigenvalue weighted by Gasteiger charge is 2.30. The van der Waals surface area contributed by atoms with Crippen molar-refractivity contribution >= 4 is 27.3 Å². The standard InChI is InChI=1S/C22H29N3O3S2/c1-4-9-24(16-20-6-5-14-29-20)22(26)17-23-10-12-25(13-11-23)30(27,28)21-8-7-18(2)15-19(21)3/h4-8,14-15H,1,9-13,16-17H2,2-3H3. The monoisotopic (exact) mass is 447 g/mol. The first-order chi connectivity index (χ1) is 14.3. The molecule has 0 bridgehead atoms. The minimum Gasteiger partial charge on any atom is -0.333 e. The fourth-order valence-electron chi connectivity index (χ4n) is 3.65. The summed E-state index contributed by atoms with van der Waals surface area (Å²) in [5.41, 5.74) is 1.81. The van der Waals surface area contributed by atoms with E-state index in [1.165, 1.54) is 4.31 Å². The smallest absolute Gasteiger partial charge is 0.243 e. The molecular formula is C22H29N3O3S2. The predicted molar refractivity (Wildman–Crippen MR) is 121 cm³/mol. The van der Waals surface area contributed by atoms with Crippen molar-refractivity contribution in [2.24, 2.45) is 0 Å². The molecule has 1 aromatic heterocycles. The van der Waals surface area contributed by atoms with Gasteiger partial charge in [-0.3, -0.25) is 9.69 Å². The largest absolute Gasteiger partial charge is 0.333 e. The number of nitrogens with zero attached hydrogens (tertiary/aromatic N) is 3. The van der Waals surface area contributed by atoms with E-state index in [-0.39, 0.29) is 12.5 Å². The van der Waals surface area contributed by atoms with Crippen LogP contribution in [0.2, 0.25) is 0 Å². The third-order valence-electron chi connectivity index (χ3n) is 5.27. The highest BCUT2D eigenvalue weighted by Crippen LogP contribution is 2.22. The Kier molecular flexibility index (Phi) is 7.46. The zero-order chi connectivity index (χ0) is 21.7. The molecule has 0 aliphatic carbocycles. The van der Waals surface area contributed by atoms with Crippen molar-refractivity contribution in [3.05, 3.63) is 64.4 Å². The lowest BCUT2D eigenvalue weighted by Crippen LogP contribution is -2.51. The van der Waals surface area contributed by atoms with Crippen LogP contribution in [0.1, 0.15) is 16.0 Å². The van der Waals surface area contributed by atoms with Crippen LogP contribution in [-0.2, 0) is 21.4 Å². The van der Waals surface area contributed by atoms with E-state index in [2.05, 4.69) is 6.58 Å². The van der Waals surface area contributed by atoms with Crippen LogP contribution >= 0.6 is 11.3 Å². The van der Waals surface area contributed by atoms with Gasteiger partial charge in [0.1, 0.15) is 0 Å². The van der Waals surface area contributed by atoms with Gasteiger partial charge in [-0.05, 0) is 36.9 Å². The van der Waals surface area contributed by atoms with Crippen molar-refractivity contribution in [2.45, 2.75) is 25.3 Å². The molecule has 0 radical (unpaired) electrons. The van der Waals surface area contributed by atoms with Crippen LogP contribution in [0.3, 0.4) is 0 Å². The van der Waals surface area contributed by atoms with Gasteiger partial charge in [-0.1, -0.05) is 29.8 Å². The summed E-state index contributed by atoms with van der Waals surface area (Å²) in [7, 11) is -3.52. The number of piperazine rings is 1. The molecule has 0 atom stereocenters. The number of rotatable bonds is 8. The Morgan fingerprint density at radius 1 is 1.20 bits per heavy atom. The number of hydrogen-bond donors (Lipinski definition) is 0. The SMILES string of the molecule is C=CCN(Cc1cccs1)C(=O)CN1CCN(S(=O)(=O)c2ccc(C)cc2C)CC1. The lowest BCUT2D eigenvalue weighted by molar-refractivity contribution is -0.132. The number of sulfonamides is 1. The first-order valence-electron chi connectivity index (χ1n) is 10.0. The van der Waals surface area contributed by atoms with E-state index in [0.29, 0.717) is 44.2 Å². The first-order valence-corrected chi connectivity index (χ1v) is 12.3. The van der Waals surface area contributed by atoms with Gasteiger partial charge in [-0.25, -0.2) is 8.42 Å². The quantitative estimate of drug-likeness (QED) is 0.584. The summed E-state index contributed by atoms with van der Waals surface area (Å²) in [5.74, 6) is 0.0361. The maximum absolute atomic E-state index is 13.0. The van der Waals surface area contributed by atoms with Crippen molar-refractivity contribution in [2.75, 3.05) is 39.3 Å². The van der Waals surface area contributed by atoms with Crippen LogP contribution in [0, 0.1) is 13.8 Å². The van der Waals surface area contributed by atoms with E-state index < -0.39 is 10.0 Å². The topological polar surface area (TPSA) is 60.9 Å². The van der Waals surface area contributed by atoms with Crippen LogP contribution in [-0.4, -0.2) is 67.7 Å². The number of hydrogen-bond acceptors (Lipinski definition) is 5. The maximum Gasteiger partial charge on any atom is 0.243 e. The molecule has 0 spiro atoms. The molecule has 1 amide bonds.